The highest BCUT2D eigenvalue weighted by Gasteiger charge is 2.14. The normalized spacial score (nSPS) is 11.4. The fourth-order valence-corrected chi connectivity index (χ4v) is 3.39. The summed E-state index contributed by atoms with van der Waals surface area (Å²) < 4.78 is 27.6. The summed E-state index contributed by atoms with van der Waals surface area (Å²) in [5.41, 5.74) is 2.23. The van der Waals surface area contributed by atoms with Crippen molar-refractivity contribution >= 4 is 15.7 Å². The van der Waals surface area contributed by atoms with Crippen molar-refractivity contribution < 1.29 is 8.42 Å². The van der Waals surface area contributed by atoms with Crippen LogP contribution in [0.5, 0.6) is 0 Å². The molecular weight excluding hydrogens is 326 g/mol. The number of hydrogen-bond donors (Lipinski definition) is 2. The first-order valence-corrected chi connectivity index (χ1v) is 9.02. The predicted molar refractivity (Wildman–Crippen MR) is 90.9 cm³/mol. The van der Waals surface area contributed by atoms with Crippen molar-refractivity contribution in [3.63, 3.8) is 0 Å². The van der Waals surface area contributed by atoms with E-state index < -0.39 is 10.0 Å². The average Bonchev–Trinajstić information content (AvgIpc) is 3.10. The zero-order valence-electron chi connectivity index (χ0n) is 13.1. The van der Waals surface area contributed by atoms with Gasteiger partial charge >= 0.3 is 0 Å². The quantitative estimate of drug-likeness (QED) is 0.716. The fourth-order valence-electron chi connectivity index (χ4n) is 2.34. The minimum atomic E-state index is -3.64. The molecule has 3 aromatic rings. The van der Waals surface area contributed by atoms with Gasteiger partial charge in [0, 0.05) is 11.3 Å². The third-order valence-electron chi connectivity index (χ3n) is 3.49. The van der Waals surface area contributed by atoms with Crippen LogP contribution in [0.1, 0.15) is 18.9 Å². The Labute approximate surface area is 140 Å². The number of hydrogen-bond acceptors (Lipinski definition) is 5. The van der Waals surface area contributed by atoms with Crippen LogP contribution in [0.2, 0.25) is 0 Å². The van der Waals surface area contributed by atoms with Gasteiger partial charge in [-0.3, -0.25) is 4.72 Å². The Bertz CT molecular complexity index is 906. The molecule has 0 saturated heterocycles. The van der Waals surface area contributed by atoms with Gasteiger partial charge in [-0.2, -0.15) is 5.21 Å². The van der Waals surface area contributed by atoms with Crippen molar-refractivity contribution in [3.8, 4) is 11.4 Å². The zero-order valence-corrected chi connectivity index (χ0v) is 13.9. The molecule has 0 aliphatic heterocycles. The van der Waals surface area contributed by atoms with Crippen molar-refractivity contribution in [2.75, 3.05) is 4.72 Å². The zero-order chi connectivity index (χ0) is 17.0. The van der Waals surface area contributed by atoms with Crippen molar-refractivity contribution in [1.82, 2.24) is 20.6 Å². The molecule has 0 atom stereocenters. The monoisotopic (exact) mass is 343 g/mol. The molecule has 2 aromatic carbocycles. The van der Waals surface area contributed by atoms with Gasteiger partial charge in [0.1, 0.15) is 0 Å². The van der Waals surface area contributed by atoms with Crippen LogP contribution in [0.15, 0.2) is 53.4 Å². The lowest BCUT2D eigenvalue weighted by Gasteiger charge is -2.09. The largest absolute Gasteiger partial charge is 0.280 e. The first-order chi connectivity index (χ1) is 11.6. The van der Waals surface area contributed by atoms with Gasteiger partial charge in [-0.15, -0.1) is 10.2 Å². The minimum Gasteiger partial charge on any atom is -0.280 e. The fraction of sp³-hybridized carbons (Fsp3) is 0.188. The molecule has 0 spiro atoms. The highest BCUT2D eigenvalue weighted by atomic mass is 32.2. The number of anilines is 1. The van der Waals surface area contributed by atoms with Crippen LogP contribution in [0.4, 0.5) is 5.69 Å². The molecule has 8 heteroatoms. The van der Waals surface area contributed by atoms with Crippen LogP contribution in [0, 0.1) is 0 Å². The van der Waals surface area contributed by atoms with E-state index in [1.807, 2.05) is 12.1 Å². The summed E-state index contributed by atoms with van der Waals surface area (Å²) >= 11 is 0. The summed E-state index contributed by atoms with van der Waals surface area (Å²) in [6.45, 7) is 2.09. The van der Waals surface area contributed by atoms with Gasteiger partial charge in [0.15, 0.2) is 0 Å². The molecule has 0 unspecified atom stereocenters. The highest BCUT2D eigenvalue weighted by Crippen LogP contribution is 2.21. The van der Waals surface area contributed by atoms with E-state index in [-0.39, 0.29) is 4.90 Å². The third-order valence-corrected chi connectivity index (χ3v) is 4.89. The molecule has 7 nitrogen and oxygen atoms in total. The maximum atomic E-state index is 12.5. The number of benzene rings is 2. The molecule has 0 fully saturated rings. The standard InChI is InChI=1S/C16H17N5O2S/c1-2-4-12-7-9-15(10-8-12)24(22,23)19-14-6-3-5-13(11-14)16-17-20-21-18-16/h3,5-11,19H,2,4H2,1H3,(H,17,18,20,21). The maximum absolute atomic E-state index is 12.5. The molecule has 1 heterocycles. The van der Waals surface area contributed by atoms with Gasteiger partial charge in [-0.05, 0) is 41.5 Å². The third kappa shape index (κ3) is 3.60. The number of nitrogens with zero attached hydrogens (tertiary/aromatic N) is 3. The van der Waals surface area contributed by atoms with Gasteiger partial charge < -0.3 is 0 Å². The van der Waals surface area contributed by atoms with Crippen LogP contribution in [0.25, 0.3) is 11.4 Å². The Morgan fingerprint density at radius 2 is 1.92 bits per heavy atom. The number of nitrogens with one attached hydrogen (secondary N) is 2. The van der Waals surface area contributed by atoms with E-state index in [1.165, 1.54) is 0 Å². The highest BCUT2D eigenvalue weighted by molar-refractivity contribution is 7.92. The van der Waals surface area contributed by atoms with Crippen LogP contribution < -0.4 is 4.72 Å². The molecule has 0 bridgehead atoms. The van der Waals surface area contributed by atoms with Crippen LogP contribution in [-0.4, -0.2) is 29.0 Å². The number of tetrazole rings is 1. The summed E-state index contributed by atoms with van der Waals surface area (Å²) in [6.07, 6.45) is 1.95. The van der Waals surface area contributed by atoms with Gasteiger partial charge in [-0.1, -0.05) is 37.6 Å². The van der Waals surface area contributed by atoms with Gasteiger partial charge in [0.05, 0.1) is 4.90 Å². The predicted octanol–water partition coefficient (Wildman–Crippen LogP) is 2.62. The number of H-pyrrole nitrogens is 1. The summed E-state index contributed by atoms with van der Waals surface area (Å²) in [7, 11) is -3.64. The molecular formula is C16H17N5O2S. The lowest BCUT2D eigenvalue weighted by atomic mass is 10.1. The Morgan fingerprint density at radius 3 is 2.58 bits per heavy atom. The summed E-state index contributed by atoms with van der Waals surface area (Å²) in [5, 5.41) is 13.6. The number of aryl methyl sites for hydroxylation is 1. The van der Waals surface area contributed by atoms with Crippen molar-refractivity contribution in [2.24, 2.45) is 0 Å². The molecule has 2 N–H and O–H groups in total. The second kappa shape index (κ2) is 6.79. The number of sulfonamides is 1. The van der Waals surface area contributed by atoms with Gasteiger partial charge in [-0.25, -0.2) is 8.42 Å². The molecule has 124 valence electrons. The Kier molecular flexibility index (Phi) is 4.57. The second-order valence-corrected chi connectivity index (χ2v) is 7.00. The molecule has 1 aromatic heterocycles. The Hall–Kier alpha value is -2.74. The SMILES string of the molecule is CCCc1ccc(S(=O)(=O)Nc2cccc(-c3nn[nH]n3)c2)cc1. The molecule has 0 radical (unpaired) electrons. The molecule has 0 aliphatic rings. The second-order valence-electron chi connectivity index (χ2n) is 5.32. The van der Waals surface area contributed by atoms with Gasteiger partial charge in [0.2, 0.25) is 5.82 Å². The van der Waals surface area contributed by atoms with Crippen molar-refractivity contribution in [2.45, 2.75) is 24.7 Å². The van der Waals surface area contributed by atoms with E-state index in [4.69, 9.17) is 0 Å². The van der Waals surface area contributed by atoms with E-state index >= 15 is 0 Å². The molecule has 0 aliphatic carbocycles. The lowest BCUT2D eigenvalue weighted by molar-refractivity contribution is 0.601. The van der Waals surface area contributed by atoms with E-state index in [1.54, 1.807) is 36.4 Å². The number of aromatic amines is 1. The summed E-state index contributed by atoms with van der Waals surface area (Å²) in [5.74, 6) is 0.403. The summed E-state index contributed by atoms with van der Waals surface area (Å²) in [6, 6.07) is 13.8. The van der Waals surface area contributed by atoms with Crippen LogP contribution >= 0.6 is 0 Å². The van der Waals surface area contributed by atoms with Crippen LogP contribution in [0.3, 0.4) is 0 Å². The lowest BCUT2D eigenvalue weighted by Crippen LogP contribution is -2.13. The first kappa shape index (κ1) is 16.1. The topological polar surface area (TPSA) is 101 Å². The molecule has 3 rings (SSSR count). The Morgan fingerprint density at radius 1 is 1.12 bits per heavy atom. The van der Waals surface area contributed by atoms with E-state index in [9.17, 15) is 8.42 Å². The summed E-state index contributed by atoms with van der Waals surface area (Å²) in [4.78, 5) is 0.229. The molecule has 0 saturated carbocycles. The van der Waals surface area contributed by atoms with E-state index in [2.05, 4.69) is 32.3 Å². The maximum Gasteiger partial charge on any atom is 0.261 e. The smallest absolute Gasteiger partial charge is 0.261 e. The van der Waals surface area contributed by atoms with E-state index in [0.29, 0.717) is 17.1 Å². The number of aromatic nitrogens is 4. The minimum absolute atomic E-state index is 0.229. The molecule has 24 heavy (non-hydrogen) atoms. The molecule has 0 amide bonds. The van der Waals surface area contributed by atoms with Crippen molar-refractivity contribution in [1.29, 1.82) is 0 Å². The van der Waals surface area contributed by atoms with Crippen molar-refractivity contribution in [3.05, 3.63) is 54.1 Å². The number of rotatable bonds is 6. The first-order valence-electron chi connectivity index (χ1n) is 7.54. The van der Waals surface area contributed by atoms with Gasteiger partial charge in [0.25, 0.3) is 10.0 Å². The van der Waals surface area contributed by atoms with Crippen LogP contribution in [-0.2, 0) is 16.4 Å². The Balaban J connectivity index is 1.83. The van der Waals surface area contributed by atoms with E-state index in [0.717, 1.165) is 18.4 Å². The average molecular weight is 343 g/mol.